The Bertz CT molecular complexity index is 625. The summed E-state index contributed by atoms with van der Waals surface area (Å²) in [6.07, 6.45) is 8.46. The lowest BCUT2D eigenvalue weighted by molar-refractivity contribution is 0.0718. The fourth-order valence-electron chi connectivity index (χ4n) is 2.50. The molecular formula is C16H19N5O. The number of carbonyl (C=O) groups is 1. The average Bonchev–Trinajstić information content (AvgIpc) is 2.61. The highest BCUT2D eigenvalue weighted by Gasteiger charge is 2.19. The van der Waals surface area contributed by atoms with Crippen LogP contribution < -0.4 is 5.32 Å². The molecule has 0 radical (unpaired) electrons. The molecule has 1 N–H and O–H groups in total. The Hall–Kier alpha value is -2.50. The fourth-order valence-corrected chi connectivity index (χ4v) is 2.50. The third kappa shape index (κ3) is 3.58. The maximum atomic E-state index is 12.4. The van der Waals surface area contributed by atoms with Crippen LogP contribution in [0.15, 0.2) is 36.8 Å². The molecule has 1 aliphatic rings. The highest BCUT2D eigenvalue weighted by molar-refractivity contribution is 5.92. The Morgan fingerprint density at radius 1 is 1.09 bits per heavy atom. The number of piperidine rings is 1. The monoisotopic (exact) mass is 297 g/mol. The van der Waals surface area contributed by atoms with Crippen LogP contribution >= 0.6 is 0 Å². The molecule has 1 aliphatic heterocycles. The van der Waals surface area contributed by atoms with Crippen LogP contribution in [0.3, 0.4) is 0 Å². The molecule has 0 aliphatic carbocycles. The Kier molecular flexibility index (Phi) is 4.58. The minimum atomic E-state index is -0.00550. The van der Waals surface area contributed by atoms with Gasteiger partial charge in [-0.1, -0.05) is 0 Å². The highest BCUT2D eigenvalue weighted by atomic mass is 16.2. The van der Waals surface area contributed by atoms with Gasteiger partial charge in [0.25, 0.3) is 5.91 Å². The molecule has 22 heavy (non-hydrogen) atoms. The number of nitrogens with one attached hydrogen (secondary N) is 1. The second kappa shape index (κ2) is 6.98. The van der Waals surface area contributed by atoms with Gasteiger partial charge in [0.1, 0.15) is 5.69 Å². The number of aromatic nitrogens is 3. The van der Waals surface area contributed by atoms with Crippen LogP contribution in [0.1, 0.15) is 35.3 Å². The predicted octanol–water partition coefficient (Wildman–Crippen LogP) is 2.11. The zero-order chi connectivity index (χ0) is 15.2. The normalized spacial score (nSPS) is 14.6. The predicted molar refractivity (Wildman–Crippen MR) is 83.4 cm³/mol. The molecule has 0 aromatic carbocycles. The van der Waals surface area contributed by atoms with Gasteiger partial charge in [-0.2, -0.15) is 0 Å². The molecule has 114 valence electrons. The van der Waals surface area contributed by atoms with E-state index in [0.717, 1.165) is 31.5 Å². The maximum absolute atomic E-state index is 12.4. The van der Waals surface area contributed by atoms with Crippen LogP contribution in [0.5, 0.6) is 0 Å². The number of hydrogen-bond donors (Lipinski definition) is 1. The largest absolute Gasteiger partial charge is 0.350 e. The van der Waals surface area contributed by atoms with Crippen molar-refractivity contribution >= 4 is 11.9 Å². The van der Waals surface area contributed by atoms with E-state index >= 15 is 0 Å². The van der Waals surface area contributed by atoms with Crippen LogP contribution in [0, 0.1) is 0 Å². The summed E-state index contributed by atoms with van der Waals surface area (Å²) in [5.74, 6) is 0.466. The first-order valence-electron chi connectivity index (χ1n) is 7.58. The van der Waals surface area contributed by atoms with Crippen molar-refractivity contribution in [3.8, 4) is 0 Å². The minimum absolute atomic E-state index is 0.00550. The Balaban J connectivity index is 1.65. The summed E-state index contributed by atoms with van der Waals surface area (Å²) in [6.45, 7) is 2.25. The fraction of sp³-hybridized carbons (Fsp3) is 0.375. The van der Waals surface area contributed by atoms with E-state index in [1.807, 2.05) is 17.0 Å². The summed E-state index contributed by atoms with van der Waals surface area (Å²) in [7, 11) is 0. The van der Waals surface area contributed by atoms with E-state index in [1.165, 1.54) is 6.42 Å². The second-order valence-corrected chi connectivity index (χ2v) is 5.33. The summed E-state index contributed by atoms with van der Waals surface area (Å²) < 4.78 is 0. The van der Waals surface area contributed by atoms with Crippen LogP contribution in [0.2, 0.25) is 0 Å². The lowest BCUT2D eigenvalue weighted by Gasteiger charge is -2.26. The van der Waals surface area contributed by atoms with E-state index in [1.54, 1.807) is 24.7 Å². The molecular weight excluding hydrogens is 278 g/mol. The van der Waals surface area contributed by atoms with Crippen LogP contribution in [-0.2, 0) is 6.54 Å². The number of anilines is 1. The van der Waals surface area contributed by atoms with Crippen molar-refractivity contribution in [2.75, 3.05) is 18.4 Å². The van der Waals surface area contributed by atoms with Crippen LogP contribution in [0.25, 0.3) is 0 Å². The first-order valence-corrected chi connectivity index (χ1v) is 7.58. The molecule has 6 nitrogen and oxygen atoms in total. The van der Waals surface area contributed by atoms with Gasteiger partial charge in [0.15, 0.2) is 0 Å². The molecule has 3 heterocycles. The van der Waals surface area contributed by atoms with Crippen molar-refractivity contribution in [3.63, 3.8) is 0 Å². The van der Waals surface area contributed by atoms with Gasteiger partial charge < -0.3 is 10.2 Å². The third-order valence-electron chi connectivity index (χ3n) is 3.72. The van der Waals surface area contributed by atoms with Crippen molar-refractivity contribution in [3.05, 3.63) is 48.0 Å². The van der Waals surface area contributed by atoms with Crippen LogP contribution in [-0.4, -0.2) is 38.8 Å². The molecule has 1 fully saturated rings. The Morgan fingerprint density at radius 2 is 1.86 bits per heavy atom. The molecule has 2 aromatic heterocycles. The zero-order valence-corrected chi connectivity index (χ0v) is 12.4. The summed E-state index contributed by atoms with van der Waals surface area (Å²) in [4.78, 5) is 26.8. The van der Waals surface area contributed by atoms with E-state index in [9.17, 15) is 4.79 Å². The Morgan fingerprint density at radius 3 is 2.64 bits per heavy atom. The van der Waals surface area contributed by atoms with E-state index in [2.05, 4.69) is 20.3 Å². The summed E-state index contributed by atoms with van der Waals surface area (Å²) in [5, 5.41) is 3.14. The van der Waals surface area contributed by atoms with E-state index in [-0.39, 0.29) is 5.91 Å². The van der Waals surface area contributed by atoms with E-state index in [4.69, 9.17) is 0 Å². The number of pyridine rings is 1. The van der Waals surface area contributed by atoms with Gasteiger partial charge in [-0.15, -0.1) is 0 Å². The van der Waals surface area contributed by atoms with Gasteiger partial charge in [-0.25, -0.2) is 9.97 Å². The summed E-state index contributed by atoms with van der Waals surface area (Å²) in [6, 6.07) is 5.53. The number of nitrogens with zero attached hydrogens (tertiary/aromatic N) is 4. The number of amides is 1. The van der Waals surface area contributed by atoms with Crippen molar-refractivity contribution in [2.24, 2.45) is 0 Å². The highest BCUT2D eigenvalue weighted by Crippen LogP contribution is 2.12. The smallest absolute Gasteiger partial charge is 0.272 e. The number of likely N-dealkylation sites (tertiary alicyclic amines) is 1. The van der Waals surface area contributed by atoms with Crippen LogP contribution in [0.4, 0.5) is 5.95 Å². The molecule has 2 aromatic rings. The zero-order valence-electron chi connectivity index (χ0n) is 12.4. The number of carbonyl (C=O) groups excluding carboxylic acids is 1. The minimum Gasteiger partial charge on any atom is -0.350 e. The third-order valence-corrected chi connectivity index (χ3v) is 3.72. The molecule has 1 saturated heterocycles. The maximum Gasteiger partial charge on any atom is 0.272 e. The molecule has 6 heteroatoms. The van der Waals surface area contributed by atoms with Gasteiger partial charge >= 0.3 is 0 Å². The molecule has 1 amide bonds. The average molecular weight is 297 g/mol. The van der Waals surface area contributed by atoms with Crippen molar-refractivity contribution < 1.29 is 4.79 Å². The standard InChI is InChI=1S/C16H19N5O/c22-15(21-10-2-1-3-11-21)14-6-9-18-16(20-14)19-12-13-4-7-17-8-5-13/h4-9H,1-3,10-12H2,(H,18,19,20). The van der Waals surface area contributed by atoms with Gasteiger partial charge in [-0.05, 0) is 43.0 Å². The molecule has 3 rings (SSSR count). The van der Waals surface area contributed by atoms with Gasteiger partial charge in [-0.3, -0.25) is 9.78 Å². The first kappa shape index (κ1) is 14.4. The second-order valence-electron chi connectivity index (χ2n) is 5.33. The molecule has 0 saturated carbocycles. The summed E-state index contributed by atoms with van der Waals surface area (Å²) in [5.41, 5.74) is 1.54. The Labute approximate surface area is 129 Å². The topological polar surface area (TPSA) is 71.0 Å². The van der Waals surface area contributed by atoms with Crippen molar-refractivity contribution in [2.45, 2.75) is 25.8 Å². The van der Waals surface area contributed by atoms with Gasteiger partial charge in [0.05, 0.1) is 0 Å². The summed E-state index contributed by atoms with van der Waals surface area (Å²) >= 11 is 0. The molecule has 0 unspecified atom stereocenters. The van der Waals surface area contributed by atoms with Gasteiger partial charge in [0, 0.05) is 38.2 Å². The molecule has 0 atom stereocenters. The van der Waals surface area contributed by atoms with E-state index < -0.39 is 0 Å². The lowest BCUT2D eigenvalue weighted by Crippen LogP contribution is -2.36. The molecule has 0 spiro atoms. The molecule has 0 bridgehead atoms. The van der Waals surface area contributed by atoms with Crippen molar-refractivity contribution in [1.82, 2.24) is 19.9 Å². The van der Waals surface area contributed by atoms with Crippen molar-refractivity contribution in [1.29, 1.82) is 0 Å². The van der Waals surface area contributed by atoms with Gasteiger partial charge in [0.2, 0.25) is 5.95 Å². The SMILES string of the molecule is O=C(c1ccnc(NCc2ccncc2)n1)N1CCCCC1. The lowest BCUT2D eigenvalue weighted by atomic mass is 10.1. The van der Waals surface area contributed by atoms with E-state index in [0.29, 0.717) is 18.2 Å². The quantitative estimate of drug-likeness (QED) is 0.936. The first-order chi connectivity index (χ1) is 10.8. The number of rotatable bonds is 4. The number of hydrogen-bond acceptors (Lipinski definition) is 5.